The predicted octanol–water partition coefficient (Wildman–Crippen LogP) is 6.12. The Morgan fingerprint density at radius 1 is 1.04 bits per heavy atom. The number of rotatable bonds is 5. The first kappa shape index (κ1) is 19.2. The Morgan fingerprint density at radius 3 is 2.50 bits per heavy atom. The molecule has 0 saturated heterocycles. The summed E-state index contributed by atoms with van der Waals surface area (Å²) in [7, 11) is 0. The maximum atomic E-state index is 12.7. The number of carbonyl (C=O) groups is 1. The van der Waals surface area contributed by atoms with Gasteiger partial charge in [-0.15, -0.1) is 11.3 Å². The minimum atomic E-state index is 0.0819. The van der Waals surface area contributed by atoms with E-state index in [9.17, 15) is 4.79 Å². The van der Waals surface area contributed by atoms with Crippen LogP contribution >= 0.6 is 22.9 Å². The summed E-state index contributed by atoms with van der Waals surface area (Å²) in [6, 6.07) is 18.1. The van der Waals surface area contributed by atoms with Crippen LogP contribution in [0.4, 0.5) is 0 Å². The molecule has 0 atom stereocenters. The van der Waals surface area contributed by atoms with Gasteiger partial charge in [-0.25, -0.2) is 4.98 Å². The van der Waals surface area contributed by atoms with E-state index in [-0.39, 0.29) is 5.91 Å². The summed E-state index contributed by atoms with van der Waals surface area (Å²) < 4.78 is 0. The predicted molar refractivity (Wildman–Crippen MR) is 117 cm³/mol. The normalized spacial score (nSPS) is 14.8. The zero-order chi connectivity index (χ0) is 19.3. The van der Waals surface area contributed by atoms with Gasteiger partial charge < -0.3 is 5.32 Å². The van der Waals surface area contributed by atoms with Crippen molar-refractivity contribution in [3.8, 4) is 21.8 Å². The number of carbonyl (C=O) groups excluding carboxylic acids is 1. The fourth-order valence-electron chi connectivity index (χ4n) is 3.71. The number of benzene rings is 2. The number of aromatic nitrogens is 1. The lowest BCUT2D eigenvalue weighted by atomic mass is 9.95. The molecular weight excluding hydrogens is 388 g/mol. The van der Waals surface area contributed by atoms with Crippen LogP contribution < -0.4 is 5.32 Å². The molecule has 1 fully saturated rings. The largest absolute Gasteiger partial charge is 0.353 e. The van der Waals surface area contributed by atoms with Gasteiger partial charge in [0.15, 0.2) is 0 Å². The van der Waals surface area contributed by atoms with Crippen molar-refractivity contribution < 1.29 is 4.79 Å². The average Bonchev–Trinajstić information content (AvgIpc) is 3.13. The van der Waals surface area contributed by atoms with E-state index in [4.69, 9.17) is 16.6 Å². The Kier molecular flexibility index (Phi) is 6.08. The first-order chi connectivity index (χ1) is 13.7. The first-order valence-electron chi connectivity index (χ1n) is 9.80. The highest BCUT2D eigenvalue weighted by Gasteiger charge is 2.20. The molecule has 28 heavy (non-hydrogen) atoms. The van der Waals surface area contributed by atoms with Gasteiger partial charge in [0, 0.05) is 22.0 Å². The van der Waals surface area contributed by atoms with Crippen LogP contribution in [0.5, 0.6) is 0 Å². The van der Waals surface area contributed by atoms with Crippen LogP contribution in [0.3, 0.4) is 0 Å². The van der Waals surface area contributed by atoms with Gasteiger partial charge in [0.05, 0.1) is 17.1 Å². The molecule has 3 nitrogen and oxygen atoms in total. The molecule has 4 rings (SSSR count). The summed E-state index contributed by atoms with van der Waals surface area (Å²) in [5.41, 5.74) is 2.81. The molecule has 5 heteroatoms. The second kappa shape index (κ2) is 8.89. The summed E-state index contributed by atoms with van der Waals surface area (Å²) in [6.45, 7) is 0. The van der Waals surface area contributed by atoms with Crippen LogP contribution in [0.1, 0.15) is 37.0 Å². The molecule has 144 valence electrons. The summed E-state index contributed by atoms with van der Waals surface area (Å²) in [5.74, 6) is 0.0819. The zero-order valence-corrected chi connectivity index (χ0v) is 17.2. The smallest absolute Gasteiger partial charge is 0.225 e. The van der Waals surface area contributed by atoms with Crippen molar-refractivity contribution in [2.45, 2.75) is 44.6 Å². The van der Waals surface area contributed by atoms with Gasteiger partial charge in [-0.3, -0.25) is 4.79 Å². The van der Waals surface area contributed by atoms with Crippen LogP contribution in [-0.2, 0) is 11.2 Å². The molecule has 0 bridgehead atoms. The number of thiazole rings is 1. The highest BCUT2D eigenvalue weighted by Crippen LogP contribution is 2.37. The third kappa shape index (κ3) is 4.45. The minimum absolute atomic E-state index is 0.0819. The molecule has 0 radical (unpaired) electrons. The molecule has 1 aliphatic carbocycles. The lowest BCUT2D eigenvalue weighted by molar-refractivity contribution is -0.121. The summed E-state index contributed by atoms with van der Waals surface area (Å²) >= 11 is 7.94. The summed E-state index contributed by atoms with van der Waals surface area (Å²) in [6.07, 6.45) is 6.22. The van der Waals surface area contributed by atoms with E-state index in [1.165, 1.54) is 19.3 Å². The Labute approximate surface area is 174 Å². The van der Waals surface area contributed by atoms with E-state index in [0.29, 0.717) is 17.5 Å². The molecule has 2 aromatic carbocycles. The van der Waals surface area contributed by atoms with Gasteiger partial charge in [-0.05, 0) is 18.9 Å². The summed E-state index contributed by atoms with van der Waals surface area (Å²) in [4.78, 5) is 18.6. The van der Waals surface area contributed by atoms with Crippen LogP contribution in [0, 0.1) is 0 Å². The third-order valence-corrected chi connectivity index (χ3v) is 6.56. The van der Waals surface area contributed by atoms with Gasteiger partial charge in [0.1, 0.15) is 5.01 Å². The van der Waals surface area contributed by atoms with E-state index >= 15 is 0 Å². The number of hydrogen-bond acceptors (Lipinski definition) is 3. The lowest BCUT2D eigenvalue weighted by Gasteiger charge is -2.22. The number of hydrogen-bond donors (Lipinski definition) is 1. The minimum Gasteiger partial charge on any atom is -0.353 e. The molecule has 0 spiro atoms. The fraction of sp³-hybridized carbons (Fsp3) is 0.304. The second-order valence-electron chi connectivity index (χ2n) is 7.22. The number of amides is 1. The lowest BCUT2D eigenvalue weighted by Crippen LogP contribution is -2.37. The van der Waals surface area contributed by atoms with Crippen molar-refractivity contribution in [2.75, 3.05) is 0 Å². The molecule has 3 aromatic rings. The molecule has 1 aromatic heterocycles. The number of nitrogens with one attached hydrogen (secondary N) is 1. The van der Waals surface area contributed by atoms with Crippen molar-refractivity contribution in [1.29, 1.82) is 0 Å². The highest BCUT2D eigenvalue weighted by molar-refractivity contribution is 7.15. The van der Waals surface area contributed by atoms with E-state index in [1.54, 1.807) is 11.3 Å². The average molecular weight is 411 g/mol. The van der Waals surface area contributed by atoms with Crippen molar-refractivity contribution in [3.05, 3.63) is 64.5 Å². The van der Waals surface area contributed by atoms with E-state index < -0.39 is 0 Å². The summed E-state index contributed by atoms with van der Waals surface area (Å²) in [5, 5.41) is 4.75. The van der Waals surface area contributed by atoms with E-state index in [2.05, 4.69) is 5.32 Å². The molecule has 1 amide bonds. The standard InChI is InChI=1S/C23H23ClN2OS/c24-19-14-8-7-13-18(19)23-26-22(16-9-3-1-4-10-16)20(28-23)15-21(27)25-17-11-5-2-6-12-17/h1,3-4,7-10,13-14,17H,2,5-6,11-12,15H2,(H,25,27). The molecule has 0 unspecified atom stereocenters. The van der Waals surface area contributed by atoms with Crippen molar-refractivity contribution in [1.82, 2.24) is 10.3 Å². The molecule has 0 aliphatic heterocycles. The maximum Gasteiger partial charge on any atom is 0.225 e. The Morgan fingerprint density at radius 2 is 1.75 bits per heavy atom. The van der Waals surface area contributed by atoms with E-state index in [1.807, 2.05) is 54.6 Å². The van der Waals surface area contributed by atoms with Crippen LogP contribution in [0.25, 0.3) is 21.8 Å². The van der Waals surface area contributed by atoms with Crippen LogP contribution in [0.15, 0.2) is 54.6 Å². The molecule has 1 N–H and O–H groups in total. The Hall–Kier alpha value is -2.17. The number of nitrogens with zero attached hydrogens (tertiary/aromatic N) is 1. The van der Waals surface area contributed by atoms with Crippen molar-refractivity contribution in [2.24, 2.45) is 0 Å². The topological polar surface area (TPSA) is 42.0 Å². The van der Waals surface area contributed by atoms with Crippen molar-refractivity contribution >= 4 is 28.8 Å². The van der Waals surface area contributed by atoms with Gasteiger partial charge in [-0.1, -0.05) is 79.4 Å². The second-order valence-corrected chi connectivity index (χ2v) is 8.71. The Bertz CT molecular complexity index is 948. The van der Waals surface area contributed by atoms with E-state index in [0.717, 1.165) is 39.5 Å². The SMILES string of the molecule is O=C(Cc1sc(-c2ccccc2Cl)nc1-c1ccccc1)NC1CCCCC1. The first-order valence-corrected chi connectivity index (χ1v) is 11.0. The highest BCUT2D eigenvalue weighted by atomic mass is 35.5. The van der Waals surface area contributed by atoms with Gasteiger partial charge in [0.25, 0.3) is 0 Å². The molecule has 1 aliphatic rings. The maximum absolute atomic E-state index is 12.7. The van der Waals surface area contributed by atoms with Gasteiger partial charge in [-0.2, -0.15) is 0 Å². The number of halogens is 1. The zero-order valence-electron chi connectivity index (χ0n) is 15.7. The Balaban J connectivity index is 1.63. The van der Waals surface area contributed by atoms with Gasteiger partial charge in [0.2, 0.25) is 5.91 Å². The quantitative estimate of drug-likeness (QED) is 0.550. The molecule has 1 saturated carbocycles. The van der Waals surface area contributed by atoms with Crippen LogP contribution in [-0.4, -0.2) is 16.9 Å². The molecular formula is C23H23ClN2OS. The van der Waals surface area contributed by atoms with Gasteiger partial charge >= 0.3 is 0 Å². The third-order valence-electron chi connectivity index (χ3n) is 5.14. The fourth-order valence-corrected chi connectivity index (χ4v) is 5.12. The van der Waals surface area contributed by atoms with Crippen LogP contribution in [0.2, 0.25) is 5.02 Å². The monoisotopic (exact) mass is 410 g/mol. The molecule has 1 heterocycles. The van der Waals surface area contributed by atoms with Crippen molar-refractivity contribution in [3.63, 3.8) is 0 Å².